The quantitative estimate of drug-likeness (QED) is 0.912. The van der Waals surface area contributed by atoms with Gasteiger partial charge in [0, 0.05) is 4.47 Å². The first kappa shape index (κ1) is 12.5. The molecule has 0 radical (unpaired) electrons. The minimum atomic E-state index is -0.340. The first-order valence-corrected chi connectivity index (χ1v) is 6.23. The second-order valence-electron chi connectivity index (χ2n) is 4.19. The van der Waals surface area contributed by atoms with Gasteiger partial charge < -0.3 is 10.1 Å². The molecule has 1 heterocycles. The highest BCUT2D eigenvalue weighted by Crippen LogP contribution is 2.25. The van der Waals surface area contributed by atoms with Gasteiger partial charge >= 0.3 is 0 Å². The van der Waals surface area contributed by atoms with Gasteiger partial charge in [-0.25, -0.2) is 4.39 Å². The summed E-state index contributed by atoms with van der Waals surface area (Å²) in [4.78, 5) is 11.9. The Kier molecular flexibility index (Phi) is 3.79. The van der Waals surface area contributed by atoms with Gasteiger partial charge in [0.15, 0.2) is 0 Å². The normalized spacial score (nSPS) is 23.7. The number of ether oxygens (including phenoxy) is 1. The standard InChI is InChI=1S/C12H13BrFNO2/c1-7-4-8(6-17-7)12(16)15-11-3-2-9(14)5-10(11)13/h2-3,5,7-8H,4,6H2,1H3,(H,15,16). The molecule has 0 spiro atoms. The second-order valence-corrected chi connectivity index (χ2v) is 5.04. The third-order valence-corrected chi connectivity index (χ3v) is 3.41. The number of carbonyl (C=O) groups is 1. The van der Waals surface area contributed by atoms with Crippen LogP contribution in [0.3, 0.4) is 0 Å². The van der Waals surface area contributed by atoms with Crippen LogP contribution < -0.4 is 5.32 Å². The molecule has 0 aliphatic carbocycles. The molecule has 1 aromatic rings. The average molecular weight is 302 g/mol. The third kappa shape index (κ3) is 3.04. The van der Waals surface area contributed by atoms with Gasteiger partial charge in [0.2, 0.25) is 5.91 Å². The molecule has 3 nitrogen and oxygen atoms in total. The van der Waals surface area contributed by atoms with Crippen molar-refractivity contribution in [3.8, 4) is 0 Å². The number of benzene rings is 1. The molecule has 5 heteroatoms. The fraction of sp³-hybridized carbons (Fsp3) is 0.417. The van der Waals surface area contributed by atoms with Crippen LogP contribution in [0.1, 0.15) is 13.3 Å². The van der Waals surface area contributed by atoms with E-state index in [1.807, 2.05) is 6.92 Å². The molecule has 2 unspecified atom stereocenters. The van der Waals surface area contributed by atoms with E-state index in [1.54, 1.807) is 0 Å². The molecule has 17 heavy (non-hydrogen) atoms. The summed E-state index contributed by atoms with van der Waals surface area (Å²) in [5, 5.41) is 2.77. The number of hydrogen-bond donors (Lipinski definition) is 1. The molecule has 92 valence electrons. The van der Waals surface area contributed by atoms with Gasteiger partial charge in [0.1, 0.15) is 5.82 Å². The number of anilines is 1. The Balaban J connectivity index is 2.03. The van der Waals surface area contributed by atoms with Crippen molar-refractivity contribution >= 4 is 27.5 Å². The zero-order valence-corrected chi connectivity index (χ0v) is 11.0. The number of carbonyl (C=O) groups excluding carboxylic acids is 1. The van der Waals surface area contributed by atoms with Crippen LogP contribution in [0.2, 0.25) is 0 Å². The Labute approximate surface area is 107 Å². The topological polar surface area (TPSA) is 38.3 Å². The Morgan fingerprint density at radius 2 is 2.35 bits per heavy atom. The van der Waals surface area contributed by atoms with Crippen molar-refractivity contribution in [2.75, 3.05) is 11.9 Å². The van der Waals surface area contributed by atoms with Crippen LogP contribution in [-0.2, 0) is 9.53 Å². The molecule has 1 saturated heterocycles. The van der Waals surface area contributed by atoms with Crippen LogP contribution in [-0.4, -0.2) is 18.6 Å². The highest BCUT2D eigenvalue weighted by Gasteiger charge is 2.28. The van der Waals surface area contributed by atoms with Crippen molar-refractivity contribution < 1.29 is 13.9 Å². The molecule has 1 fully saturated rings. The molecule has 0 aromatic heterocycles. The SMILES string of the molecule is CC1CC(C(=O)Nc2ccc(F)cc2Br)CO1. The van der Waals surface area contributed by atoms with E-state index < -0.39 is 0 Å². The second kappa shape index (κ2) is 5.14. The maximum absolute atomic E-state index is 12.9. The summed E-state index contributed by atoms with van der Waals surface area (Å²) in [6.45, 7) is 2.40. The van der Waals surface area contributed by atoms with Crippen molar-refractivity contribution in [2.24, 2.45) is 5.92 Å². The van der Waals surface area contributed by atoms with E-state index in [9.17, 15) is 9.18 Å². The lowest BCUT2D eigenvalue weighted by atomic mass is 10.1. The predicted molar refractivity (Wildman–Crippen MR) is 66.3 cm³/mol. The fourth-order valence-electron chi connectivity index (χ4n) is 1.83. The maximum Gasteiger partial charge on any atom is 0.229 e. The number of hydrogen-bond acceptors (Lipinski definition) is 2. The summed E-state index contributed by atoms with van der Waals surface area (Å²) in [7, 11) is 0. The van der Waals surface area contributed by atoms with Crippen molar-refractivity contribution in [1.29, 1.82) is 0 Å². The summed E-state index contributed by atoms with van der Waals surface area (Å²) < 4.78 is 18.8. The molecule has 1 aliphatic heterocycles. The summed E-state index contributed by atoms with van der Waals surface area (Å²) >= 11 is 3.21. The highest BCUT2D eigenvalue weighted by molar-refractivity contribution is 9.10. The summed E-state index contributed by atoms with van der Waals surface area (Å²) in [6.07, 6.45) is 0.854. The first-order valence-electron chi connectivity index (χ1n) is 5.44. The van der Waals surface area contributed by atoms with E-state index in [-0.39, 0.29) is 23.7 Å². The van der Waals surface area contributed by atoms with Crippen LogP contribution in [0.4, 0.5) is 10.1 Å². The largest absolute Gasteiger partial charge is 0.378 e. The molecule has 0 bridgehead atoms. The highest BCUT2D eigenvalue weighted by atomic mass is 79.9. The number of halogens is 2. The molecule has 1 aromatic carbocycles. The smallest absolute Gasteiger partial charge is 0.229 e. The Bertz CT molecular complexity index is 439. The number of rotatable bonds is 2. The van der Waals surface area contributed by atoms with Crippen molar-refractivity contribution in [2.45, 2.75) is 19.4 Å². The van der Waals surface area contributed by atoms with Gasteiger partial charge in [-0.15, -0.1) is 0 Å². The lowest BCUT2D eigenvalue weighted by Crippen LogP contribution is -2.23. The molecule has 0 saturated carbocycles. The Morgan fingerprint density at radius 3 is 2.94 bits per heavy atom. The molecular weight excluding hydrogens is 289 g/mol. The molecule has 1 N–H and O–H groups in total. The van der Waals surface area contributed by atoms with E-state index in [2.05, 4.69) is 21.2 Å². The summed E-state index contributed by atoms with van der Waals surface area (Å²) in [6, 6.07) is 4.17. The Morgan fingerprint density at radius 1 is 1.59 bits per heavy atom. The van der Waals surface area contributed by atoms with Crippen molar-refractivity contribution in [1.82, 2.24) is 0 Å². The molecule has 1 aliphatic rings. The van der Waals surface area contributed by atoms with E-state index in [1.165, 1.54) is 18.2 Å². The van der Waals surface area contributed by atoms with Gasteiger partial charge in [0.05, 0.1) is 24.3 Å². The van der Waals surface area contributed by atoms with Crippen LogP contribution >= 0.6 is 15.9 Å². The molecule has 1 amide bonds. The summed E-state index contributed by atoms with van der Waals surface area (Å²) in [5.41, 5.74) is 0.580. The minimum Gasteiger partial charge on any atom is -0.378 e. The number of nitrogens with one attached hydrogen (secondary N) is 1. The van der Waals surface area contributed by atoms with E-state index in [4.69, 9.17) is 4.74 Å². The van der Waals surface area contributed by atoms with Gasteiger partial charge in [-0.1, -0.05) is 0 Å². The van der Waals surface area contributed by atoms with E-state index in [0.29, 0.717) is 16.8 Å². The first-order chi connectivity index (χ1) is 8.06. The van der Waals surface area contributed by atoms with Gasteiger partial charge in [-0.2, -0.15) is 0 Å². The van der Waals surface area contributed by atoms with Crippen molar-refractivity contribution in [3.63, 3.8) is 0 Å². The third-order valence-electron chi connectivity index (χ3n) is 2.76. The van der Waals surface area contributed by atoms with Crippen LogP contribution in [0, 0.1) is 11.7 Å². The molecule has 2 rings (SSSR count). The fourth-order valence-corrected chi connectivity index (χ4v) is 2.28. The van der Waals surface area contributed by atoms with Gasteiger partial charge in [0.25, 0.3) is 0 Å². The van der Waals surface area contributed by atoms with E-state index in [0.717, 1.165) is 6.42 Å². The lowest BCUT2D eigenvalue weighted by molar-refractivity contribution is -0.119. The number of amides is 1. The average Bonchev–Trinajstić information content (AvgIpc) is 2.69. The minimum absolute atomic E-state index is 0.0818. The summed E-state index contributed by atoms with van der Waals surface area (Å²) in [5.74, 6) is -0.545. The molecular formula is C12H13BrFNO2. The lowest BCUT2D eigenvalue weighted by Gasteiger charge is -2.10. The Hall–Kier alpha value is -0.940. The maximum atomic E-state index is 12.9. The van der Waals surface area contributed by atoms with Crippen molar-refractivity contribution in [3.05, 3.63) is 28.5 Å². The van der Waals surface area contributed by atoms with E-state index >= 15 is 0 Å². The van der Waals surface area contributed by atoms with Crippen LogP contribution in [0.5, 0.6) is 0 Å². The zero-order valence-electron chi connectivity index (χ0n) is 9.37. The monoisotopic (exact) mass is 301 g/mol. The van der Waals surface area contributed by atoms with Gasteiger partial charge in [-0.3, -0.25) is 4.79 Å². The predicted octanol–water partition coefficient (Wildman–Crippen LogP) is 2.95. The van der Waals surface area contributed by atoms with Crippen LogP contribution in [0.15, 0.2) is 22.7 Å². The van der Waals surface area contributed by atoms with Crippen LogP contribution in [0.25, 0.3) is 0 Å². The molecule has 2 atom stereocenters. The zero-order chi connectivity index (χ0) is 12.4. The van der Waals surface area contributed by atoms with Gasteiger partial charge in [-0.05, 0) is 47.5 Å².